The normalized spacial score (nSPS) is 10.9. The lowest BCUT2D eigenvalue weighted by molar-refractivity contribution is -0.922. The molecule has 1 aromatic rings. The predicted octanol–water partition coefficient (Wildman–Crippen LogP) is 0.496. The van der Waals surface area contributed by atoms with Crippen LogP contribution in [0.25, 0.3) is 0 Å². The summed E-state index contributed by atoms with van der Waals surface area (Å²) in [5.41, 5.74) is 7.69. The Morgan fingerprint density at radius 2 is 1.71 bits per heavy atom. The van der Waals surface area contributed by atoms with Crippen molar-refractivity contribution in [3.05, 3.63) is 23.8 Å². The number of nitrogens with zero attached hydrogens (tertiary/aromatic N) is 1. The van der Waals surface area contributed by atoms with Gasteiger partial charge >= 0.3 is 0 Å². The van der Waals surface area contributed by atoms with Gasteiger partial charge in [0.1, 0.15) is 12.3 Å². The van der Waals surface area contributed by atoms with E-state index in [4.69, 9.17) is 10.5 Å². The average molecular weight is 337 g/mol. The number of amides is 2. The zero-order valence-corrected chi connectivity index (χ0v) is 14.6. The molecule has 0 fully saturated rings. The molecule has 0 saturated carbocycles. The molecule has 0 atom stereocenters. The summed E-state index contributed by atoms with van der Waals surface area (Å²) < 4.78 is 6.23. The van der Waals surface area contributed by atoms with Gasteiger partial charge in [-0.3, -0.25) is 9.59 Å². The molecule has 1 rings (SSSR count). The van der Waals surface area contributed by atoms with Crippen molar-refractivity contribution in [3.63, 3.8) is 0 Å². The van der Waals surface area contributed by atoms with Crippen LogP contribution in [-0.4, -0.2) is 57.6 Å². The number of hydrogen-bond acceptors (Lipinski definition) is 4. The van der Waals surface area contributed by atoms with Crippen LogP contribution in [0.4, 0.5) is 5.69 Å². The first-order valence-electron chi connectivity index (χ1n) is 8.14. The van der Waals surface area contributed by atoms with Crippen LogP contribution in [0.15, 0.2) is 18.2 Å². The van der Waals surface area contributed by atoms with Crippen molar-refractivity contribution < 1.29 is 18.8 Å². The highest BCUT2D eigenvalue weighted by Crippen LogP contribution is 2.25. The van der Waals surface area contributed by atoms with Crippen LogP contribution in [0, 0.1) is 0 Å². The highest BCUT2D eigenvalue weighted by Gasteiger charge is 2.23. The van der Waals surface area contributed by atoms with Gasteiger partial charge in [0.05, 0.1) is 32.8 Å². The van der Waals surface area contributed by atoms with Crippen molar-refractivity contribution in [1.82, 2.24) is 10.6 Å². The summed E-state index contributed by atoms with van der Waals surface area (Å²) in [4.78, 5) is 20.8. The van der Waals surface area contributed by atoms with Gasteiger partial charge in [0.25, 0.3) is 0 Å². The quantitative estimate of drug-likeness (QED) is 0.211. The second kappa shape index (κ2) is 10.5. The molecule has 134 valence electrons. The monoisotopic (exact) mass is 337 g/mol. The molecule has 0 aromatic heterocycles. The van der Waals surface area contributed by atoms with Gasteiger partial charge in [-0.1, -0.05) is 0 Å². The number of carbonyl (C=O) groups excluding carboxylic acids is 2. The molecule has 0 aliphatic carbocycles. The number of nitrogen functional groups attached to an aromatic ring is 1. The maximum atomic E-state index is 10.4. The molecule has 0 spiro atoms. The Labute approximate surface area is 143 Å². The number of methoxy groups -OCH3 is 1. The van der Waals surface area contributed by atoms with Crippen LogP contribution in [0.1, 0.15) is 18.4 Å². The number of rotatable bonds is 13. The van der Waals surface area contributed by atoms with E-state index in [9.17, 15) is 9.59 Å². The second-order valence-corrected chi connectivity index (χ2v) is 6.15. The summed E-state index contributed by atoms with van der Waals surface area (Å²) in [7, 11) is 3.83. The number of quaternary nitrogens is 1. The summed E-state index contributed by atoms with van der Waals surface area (Å²) in [6, 6.07) is 5.66. The molecule has 0 unspecified atom stereocenters. The molecule has 0 saturated heterocycles. The number of ether oxygens (including phenoxy) is 1. The Bertz CT molecular complexity index is 507. The predicted molar refractivity (Wildman–Crippen MR) is 94.4 cm³/mol. The van der Waals surface area contributed by atoms with Gasteiger partial charge in [-0.25, -0.2) is 0 Å². The lowest BCUT2D eigenvalue weighted by Crippen LogP contribution is -2.46. The molecule has 0 radical (unpaired) electrons. The van der Waals surface area contributed by atoms with E-state index in [1.54, 1.807) is 7.11 Å². The van der Waals surface area contributed by atoms with Crippen molar-refractivity contribution in [2.75, 3.05) is 46.1 Å². The molecule has 4 N–H and O–H groups in total. The number of nitrogens with two attached hydrogens (primary N) is 1. The van der Waals surface area contributed by atoms with Gasteiger partial charge < -0.3 is 25.6 Å². The van der Waals surface area contributed by atoms with E-state index in [1.165, 1.54) is 0 Å². The Morgan fingerprint density at radius 3 is 2.21 bits per heavy atom. The minimum Gasteiger partial charge on any atom is -0.496 e. The van der Waals surface area contributed by atoms with Crippen molar-refractivity contribution in [3.8, 4) is 5.75 Å². The fourth-order valence-electron chi connectivity index (χ4n) is 2.85. The molecular weight excluding hydrogens is 308 g/mol. The molecule has 0 bridgehead atoms. The Balaban J connectivity index is 2.80. The fraction of sp³-hybridized carbons (Fsp3) is 0.529. The zero-order chi connectivity index (χ0) is 17.8. The molecule has 2 amide bonds. The summed E-state index contributed by atoms with van der Waals surface area (Å²) in [5, 5.41) is 5.40. The van der Waals surface area contributed by atoms with Gasteiger partial charge in [0.15, 0.2) is 0 Å². The van der Waals surface area contributed by atoms with E-state index in [0.717, 1.165) is 61.1 Å². The molecule has 7 nitrogen and oxygen atoms in total. The maximum absolute atomic E-state index is 10.4. The minimum atomic E-state index is 0.651. The maximum Gasteiger partial charge on any atom is 0.207 e. The van der Waals surface area contributed by atoms with E-state index in [0.29, 0.717) is 18.8 Å². The highest BCUT2D eigenvalue weighted by atomic mass is 16.5. The van der Waals surface area contributed by atoms with Crippen LogP contribution < -0.4 is 21.1 Å². The van der Waals surface area contributed by atoms with Gasteiger partial charge in [-0.05, 0) is 18.2 Å². The standard InChI is InChI=1S/C17H28N4O3/c1-21(9-3-7-19-13-22,10-4-8-20-14-23)12-15-11-16(18)5-6-17(15)24-2/h5-6,11,13-14H,3-4,7-10,12,18H2,1-2H3,(H-,19,20,22,23)/p+1. The number of benzene rings is 1. The first kappa shape index (κ1) is 19.8. The topological polar surface area (TPSA) is 93.4 Å². The highest BCUT2D eigenvalue weighted by molar-refractivity contribution is 5.47. The molecule has 0 aliphatic heterocycles. The summed E-state index contributed by atoms with van der Waals surface area (Å²) in [6.07, 6.45) is 3.19. The van der Waals surface area contributed by atoms with E-state index >= 15 is 0 Å². The number of hydrogen-bond donors (Lipinski definition) is 3. The molecular formula is C17H29N4O3+. The molecule has 7 heteroatoms. The SMILES string of the molecule is COc1ccc(N)cc1C[N+](C)(CCCNC=O)CCCNC=O. The van der Waals surface area contributed by atoms with E-state index in [1.807, 2.05) is 18.2 Å². The average Bonchev–Trinajstić information content (AvgIpc) is 2.56. The van der Waals surface area contributed by atoms with E-state index in [2.05, 4.69) is 17.7 Å². The Kier molecular flexibility index (Phi) is 8.64. The smallest absolute Gasteiger partial charge is 0.207 e. The first-order chi connectivity index (χ1) is 11.5. The van der Waals surface area contributed by atoms with Crippen LogP contribution in [-0.2, 0) is 16.1 Å². The second-order valence-electron chi connectivity index (χ2n) is 6.15. The first-order valence-corrected chi connectivity index (χ1v) is 8.14. The van der Waals surface area contributed by atoms with Crippen LogP contribution >= 0.6 is 0 Å². The third-order valence-electron chi connectivity index (χ3n) is 4.06. The lowest BCUT2D eigenvalue weighted by atomic mass is 10.1. The van der Waals surface area contributed by atoms with Crippen molar-refractivity contribution in [1.29, 1.82) is 0 Å². The van der Waals surface area contributed by atoms with Crippen molar-refractivity contribution in [2.45, 2.75) is 19.4 Å². The van der Waals surface area contributed by atoms with Crippen LogP contribution in [0.2, 0.25) is 0 Å². The van der Waals surface area contributed by atoms with Crippen molar-refractivity contribution >= 4 is 18.5 Å². The van der Waals surface area contributed by atoms with Gasteiger partial charge in [-0.15, -0.1) is 0 Å². The number of nitrogens with one attached hydrogen (secondary N) is 2. The van der Waals surface area contributed by atoms with Crippen LogP contribution in [0.5, 0.6) is 5.75 Å². The fourth-order valence-corrected chi connectivity index (χ4v) is 2.85. The lowest BCUT2D eigenvalue weighted by Gasteiger charge is -2.35. The summed E-state index contributed by atoms with van der Waals surface area (Å²) in [6.45, 7) is 3.88. The number of carbonyl (C=O) groups is 2. The van der Waals surface area contributed by atoms with Gasteiger partial charge in [-0.2, -0.15) is 0 Å². The molecule has 0 heterocycles. The van der Waals surface area contributed by atoms with E-state index in [-0.39, 0.29) is 0 Å². The third-order valence-corrected chi connectivity index (χ3v) is 4.06. The molecule has 0 aliphatic rings. The zero-order valence-electron chi connectivity index (χ0n) is 14.6. The van der Waals surface area contributed by atoms with Gasteiger partial charge in [0.2, 0.25) is 12.8 Å². The third kappa shape index (κ3) is 6.87. The molecule has 24 heavy (non-hydrogen) atoms. The Hall–Kier alpha value is -2.28. The Morgan fingerprint density at radius 1 is 1.12 bits per heavy atom. The molecule has 1 aromatic carbocycles. The van der Waals surface area contributed by atoms with E-state index < -0.39 is 0 Å². The summed E-state index contributed by atoms with van der Waals surface area (Å²) >= 11 is 0. The van der Waals surface area contributed by atoms with Crippen molar-refractivity contribution in [2.24, 2.45) is 0 Å². The van der Waals surface area contributed by atoms with Gasteiger partial charge in [0, 0.05) is 31.6 Å². The summed E-state index contributed by atoms with van der Waals surface area (Å²) in [5.74, 6) is 0.825. The van der Waals surface area contributed by atoms with Crippen LogP contribution in [0.3, 0.4) is 0 Å². The number of anilines is 1. The minimum absolute atomic E-state index is 0.651. The largest absolute Gasteiger partial charge is 0.496 e.